The molecule has 0 atom stereocenters. The van der Waals surface area contributed by atoms with E-state index in [9.17, 15) is 26.4 Å². The standard InChI is InChI=1S/C12H15F3N2O3S/c13-12(14,15)7-5-11(18)17-8-6-9-1-3-10(4-2-9)21(16,19)20/h1-4H,5-8H2,(H,17,18)(H2,16,19,20). The highest BCUT2D eigenvalue weighted by atomic mass is 32.2. The number of carbonyl (C=O) groups excluding carboxylic acids is 1. The van der Waals surface area contributed by atoms with Gasteiger partial charge in [0.1, 0.15) is 0 Å². The monoisotopic (exact) mass is 324 g/mol. The summed E-state index contributed by atoms with van der Waals surface area (Å²) in [6, 6.07) is 5.72. The summed E-state index contributed by atoms with van der Waals surface area (Å²) in [6.07, 6.45) is -5.72. The number of nitrogens with two attached hydrogens (primary N) is 1. The lowest BCUT2D eigenvalue weighted by Crippen LogP contribution is -2.27. The Labute approximate surface area is 120 Å². The van der Waals surface area contributed by atoms with Gasteiger partial charge in [-0.1, -0.05) is 12.1 Å². The van der Waals surface area contributed by atoms with E-state index in [0.717, 1.165) is 5.56 Å². The van der Waals surface area contributed by atoms with E-state index >= 15 is 0 Å². The molecule has 9 heteroatoms. The van der Waals surface area contributed by atoms with Crippen molar-refractivity contribution in [2.45, 2.75) is 30.3 Å². The summed E-state index contributed by atoms with van der Waals surface area (Å²) in [5.74, 6) is -0.673. The van der Waals surface area contributed by atoms with Crippen LogP contribution in [0, 0.1) is 0 Å². The summed E-state index contributed by atoms with van der Waals surface area (Å²) < 4.78 is 57.8. The van der Waals surface area contributed by atoms with Gasteiger partial charge in [0.05, 0.1) is 11.3 Å². The van der Waals surface area contributed by atoms with Crippen LogP contribution in [0.1, 0.15) is 18.4 Å². The summed E-state index contributed by atoms with van der Waals surface area (Å²) in [5.41, 5.74) is 0.735. The molecule has 0 unspecified atom stereocenters. The van der Waals surface area contributed by atoms with Gasteiger partial charge in [-0.2, -0.15) is 13.2 Å². The Morgan fingerprint density at radius 2 is 1.76 bits per heavy atom. The molecule has 0 fully saturated rings. The van der Waals surface area contributed by atoms with Crippen molar-refractivity contribution in [2.75, 3.05) is 6.54 Å². The van der Waals surface area contributed by atoms with Crippen molar-refractivity contribution in [3.05, 3.63) is 29.8 Å². The molecule has 21 heavy (non-hydrogen) atoms. The quantitative estimate of drug-likeness (QED) is 0.827. The third-order valence-electron chi connectivity index (χ3n) is 2.62. The van der Waals surface area contributed by atoms with Crippen molar-refractivity contribution in [3.63, 3.8) is 0 Å². The van der Waals surface area contributed by atoms with Gasteiger partial charge in [-0.05, 0) is 24.1 Å². The number of hydrogen-bond acceptors (Lipinski definition) is 3. The summed E-state index contributed by atoms with van der Waals surface area (Å²) >= 11 is 0. The van der Waals surface area contributed by atoms with Crippen molar-refractivity contribution >= 4 is 15.9 Å². The Morgan fingerprint density at radius 1 is 1.19 bits per heavy atom. The van der Waals surface area contributed by atoms with Gasteiger partial charge in [0, 0.05) is 13.0 Å². The normalized spacial score (nSPS) is 12.2. The molecule has 0 radical (unpaired) electrons. The van der Waals surface area contributed by atoms with Gasteiger partial charge in [-0.15, -0.1) is 0 Å². The second kappa shape index (κ2) is 6.90. The fourth-order valence-electron chi connectivity index (χ4n) is 1.54. The maximum atomic E-state index is 11.9. The smallest absolute Gasteiger partial charge is 0.356 e. The summed E-state index contributed by atoms with van der Waals surface area (Å²) in [5, 5.41) is 7.31. The molecule has 1 amide bonds. The van der Waals surface area contributed by atoms with E-state index in [0.29, 0.717) is 6.42 Å². The molecule has 0 saturated heterocycles. The number of nitrogens with one attached hydrogen (secondary N) is 1. The minimum Gasteiger partial charge on any atom is -0.356 e. The zero-order valence-electron chi connectivity index (χ0n) is 11.0. The van der Waals surface area contributed by atoms with E-state index in [1.54, 1.807) is 0 Å². The molecule has 3 N–H and O–H groups in total. The lowest BCUT2D eigenvalue weighted by Gasteiger charge is -2.07. The van der Waals surface area contributed by atoms with Crippen LogP contribution in [0.2, 0.25) is 0 Å². The first kappa shape index (κ1) is 17.4. The molecule has 0 heterocycles. The molecule has 0 saturated carbocycles. The number of sulfonamides is 1. The van der Waals surface area contributed by atoms with Gasteiger partial charge in [0.2, 0.25) is 15.9 Å². The van der Waals surface area contributed by atoms with Gasteiger partial charge >= 0.3 is 6.18 Å². The van der Waals surface area contributed by atoms with Crippen LogP contribution in [0.5, 0.6) is 0 Å². The van der Waals surface area contributed by atoms with Gasteiger partial charge < -0.3 is 5.32 Å². The van der Waals surface area contributed by atoms with E-state index in [1.165, 1.54) is 24.3 Å². The van der Waals surface area contributed by atoms with Gasteiger partial charge in [-0.25, -0.2) is 13.6 Å². The number of primary sulfonamides is 1. The van der Waals surface area contributed by atoms with Gasteiger partial charge in [0.15, 0.2) is 0 Å². The topological polar surface area (TPSA) is 89.3 Å². The molecule has 1 rings (SSSR count). The lowest BCUT2D eigenvalue weighted by atomic mass is 10.1. The van der Waals surface area contributed by atoms with Crippen LogP contribution in [-0.4, -0.2) is 27.0 Å². The summed E-state index contributed by atoms with van der Waals surface area (Å²) in [6.45, 7) is 0.172. The van der Waals surface area contributed by atoms with Crippen LogP contribution in [-0.2, 0) is 21.2 Å². The Bertz CT molecular complexity index is 583. The summed E-state index contributed by atoms with van der Waals surface area (Å²) in [4.78, 5) is 11.1. The molecule has 0 aliphatic carbocycles. The van der Waals surface area contributed by atoms with E-state index in [4.69, 9.17) is 5.14 Å². The maximum Gasteiger partial charge on any atom is 0.389 e. The highest BCUT2D eigenvalue weighted by Gasteiger charge is 2.27. The molecular weight excluding hydrogens is 309 g/mol. The number of halogens is 3. The first-order valence-corrected chi connectivity index (χ1v) is 7.58. The Balaban J connectivity index is 2.38. The molecule has 0 spiro atoms. The molecule has 1 aromatic carbocycles. The van der Waals surface area contributed by atoms with Gasteiger partial charge in [0.25, 0.3) is 0 Å². The zero-order valence-corrected chi connectivity index (χ0v) is 11.8. The Kier molecular flexibility index (Phi) is 5.73. The molecule has 0 aliphatic rings. The van der Waals surface area contributed by atoms with Crippen LogP contribution in [0.3, 0.4) is 0 Å². The van der Waals surface area contributed by atoms with E-state index < -0.39 is 34.9 Å². The van der Waals surface area contributed by atoms with Crippen molar-refractivity contribution in [3.8, 4) is 0 Å². The number of amides is 1. The van der Waals surface area contributed by atoms with Crippen LogP contribution in [0.4, 0.5) is 13.2 Å². The Morgan fingerprint density at radius 3 is 2.24 bits per heavy atom. The maximum absolute atomic E-state index is 11.9. The number of carbonyl (C=O) groups is 1. The second-order valence-corrected chi connectivity index (χ2v) is 5.97. The van der Waals surface area contributed by atoms with E-state index in [2.05, 4.69) is 5.32 Å². The fourth-order valence-corrected chi connectivity index (χ4v) is 2.05. The van der Waals surface area contributed by atoms with Crippen LogP contribution in [0.15, 0.2) is 29.2 Å². The van der Waals surface area contributed by atoms with Crippen molar-refractivity contribution in [2.24, 2.45) is 5.14 Å². The third-order valence-corrected chi connectivity index (χ3v) is 3.55. The van der Waals surface area contributed by atoms with E-state index in [-0.39, 0.29) is 11.4 Å². The SMILES string of the molecule is NS(=O)(=O)c1ccc(CCNC(=O)CCC(F)(F)F)cc1. The van der Waals surface area contributed by atoms with Crippen molar-refractivity contribution in [1.82, 2.24) is 5.32 Å². The molecule has 118 valence electrons. The second-order valence-electron chi connectivity index (χ2n) is 4.40. The fraction of sp³-hybridized carbons (Fsp3) is 0.417. The highest BCUT2D eigenvalue weighted by Crippen LogP contribution is 2.20. The number of hydrogen-bond donors (Lipinski definition) is 2. The summed E-state index contributed by atoms with van der Waals surface area (Å²) in [7, 11) is -3.75. The highest BCUT2D eigenvalue weighted by molar-refractivity contribution is 7.89. The predicted octanol–water partition coefficient (Wildman–Crippen LogP) is 1.34. The first-order valence-electron chi connectivity index (χ1n) is 6.03. The largest absolute Gasteiger partial charge is 0.389 e. The lowest BCUT2D eigenvalue weighted by molar-refractivity contribution is -0.144. The number of benzene rings is 1. The zero-order chi connectivity index (χ0) is 16.1. The average Bonchev–Trinajstić information content (AvgIpc) is 2.35. The number of alkyl halides is 3. The molecular formula is C12H15F3N2O3S. The Hall–Kier alpha value is -1.61. The first-order chi connectivity index (χ1) is 9.58. The average molecular weight is 324 g/mol. The minimum atomic E-state index is -4.35. The molecule has 0 aliphatic heterocycles. The third kappa shape index (κ3) is 7.09. The van der Waals surface area contributed by atoms with Crippen LogP contribution >= 0.6 is 0 Å². The van der Waals surface area contributed by atoms with Crippen molar-refractivity contribution in [1.29, 1.82) is 0 Å². The molecule has 0 bridgehead atoms. The minimum absolute atomic E-state index is 0.0273. The van der Waals surface area contributed by atoms with Gasteiger partial charge in [-0.3, -0.25) is 4.79 Å². The van der Waals surface area contributed by atoms with E-state index in [1.807, 2.05) is 0 Å². The molecule has 0 aromatic heterocycles. The van der Waals surface area contributed by atoms with Crippen molar-refractivity contribution < 1.29 is 26.4 Å². The van der Waals surface area contributed by atoms with Crippen LogP contribution in [0.25, 0.3) is 0 Å². The molecule has 5 nitrogen and oxygen atoms in total. The molecule has 1 aromatic rings. The van der Waals surface area contributed by atoms with Crippen LogP contribution < -0.4 is 10.5 Å². The number of rotatable bonds is 6. The predicted molar refractivity (Wildman–Crippen MR) is 69.8 cm³/mol.